The van der Waals surface area contributed by atoms with E-state index in [1.165, 1.54) is 13.2 Å². The molecule has 0 aliphatic carbocycles. The molecule has 1 amide bonds. The van der Waals surface area contributed by atoms with Gasteiger partial charge in [-0.25, -0.2) is 4.79 Å². The van der Waals surface area contributed by atoms with Crippen molar-refractivity contribution in [3.05, 3.63) is 10.7 Å². The van der Waals surface area contributed by atoms with Gasteiger partial charge in [-0.3, -0.25) is 4.90 Å². The maximum Gasteiger partial charge on any atom is 0.403 e. The van der Waals surface area contributed by atoms with Gasteiger partial charge in [0.25, 0.3) is 0 Å². The van der Waals surface area contributed by atoms with Crippen LogP contribution in [0.2, 0.25) is 0 Å². The van der Waals surface area contributed by atoms with Crippen LogP contribution in [0.5, 0.6) is 0 Å². The Bertz CT molecular complexity index is 142. The average molecular weight is 196 g/mol. The summed E-state index contributed by atoms with van der Waals surface area (Å²) >= 11 is 3.04. The van der Waals surface area contributed by atoms with Gasteiger partial charge in [-0.2, -0.15) is 0 Å². The fraction of sp³-hybridized carbons (Fsp3) is 0.400. The molecule has 0 atom stereocenters. The summed E-state index contributed by atoms with van der Waals surface area (Å²) in [4.78, 5) is 10.7. The first-order valence-electron chi connectivity index (χ1n) is 2.30. The lowest BCUT2D eigenvalue weighted by Crippen LogP contribution is -2.13. The normalized spacial score (nSPS) is 11.3. The molecule has 0 saturated heterocycles. The summed E-state index contributed by atoms with van der Waals surface area (Å²) in [6.45, 7) is 1.71. The van der Waals surface area contributed by atoms with Crippen molar-refractivity contribution in [2.45, 2.75) is 6.92 Å². The largest absolute Gasteiger partial charge is 0.403 e. The van der Waals surface area contributed by atoms with Crippen LogP contribution >= 0.6 is 15.9 Å². The summed E-state index contributed by atoms with van der Waals surface area (Å²) in [6.07, 6.45) is -0.115. The molecule has 2 nitrogen and oxygen atoms in total. The summed E-state index contributed by atoms with van der Waals surface area (Å²) in [6, 6.07) is 0. The summed E-state index contributed by atoms with van der Waals surface area (Å²) in [5, 5.41) is 0. The quantitative estimate of drug-likeness (QED) is 0.465. The number of allylic oxidation sites excluding steroid dienone is 1. The molecular formula is C5H7BrFNO. The summed E-state index contributed by atoms with van der Waals surface area (Å²) < 4.78 is 12.4. The third-order valence-electron chi connectivity index (χ3n) is 0.649. The van der Waals surface area contributed by atoms with E-state index in [0.717, 1.165) is 4.90 Å². The molecule has 52 valence electrons. The second-order valence-corrected chi connectivity index (χ2v) is 2.83. The van der Waals surface area contributed by atoms with Crippen LogP contribution in [-0.2, 0) is 0 Å². The maximum atomic E-state index is 11.7. The maximum absolute atomic E-state index is 11.7. The number of carbonyl (C=O) groups is 1. The van der Waals surface area contributed by atoms with Crippen molar-refractivity contribution in [3.8, 4) is 0 Å². The van der Waals surface area contributed by atoms with Crippen molar-refractivity contribution in [1.82, 2.24) is 4.90 Å². The molecule has 0 aromatic heterocycles. The van der Waals surface area contributed by atoms with Crippen molar-refractivity contribution in [2.24, 2.45) is 0 Å². The van der Waals surface area contributed by atoms with Crippen molar-refractivity contribution in [1.29, 1.82) is 0 Å². The first-order valence-corrected chi connectivity index (χ1v) is 3.09. The Morgan fingerprint density at radius 2 is 2.22 bits per heavy atom. The molecule has 0 saturated carbocycles. The van der Waals surface area contributed by atoms with E-state index >= 15 is 0 Å². The number of hydrogen-bond acceptors (Lipinski definition) is 1. The zero-order valence-corrected chi connectivity index (χ0v) is 6.77. The summed E-state index contributed by atoms with van der Waals surface area (Å²) in [7, 11) is 1.34. The van der Waals surface area contributed by atoms with Crippen LogP contribution in [0, 0.1) is 0 Å². The molecule has 9 heavy (non-hydrogen) atoms. The lowest BCUT2D eigenvalue weighted by atomic mass is 10.6. The van der Waals surface area contributed by atoms with Crippen LogP contribution in [0.15, 0.2) is 10.7 Å². The minimum Gasteiger partial charge on any atom is -0.293 e. The van der Waals surface area contributed by atoms with E-state index in [4.69, 9.17) is 0 Å². The van der Waals surface area contributed by atoms with Crippen LogP contribution in [-0.4, -0.2) is 18.1 Å². The molecule has 0 heterocycles. The smallest absolute Gasteiger partial charge is 0.293 e. The van der Waals surface area contributed by atoms with Crippen molar-refractivity contribution in [3.63, 3.8) is 0 Å². The van der Waals surface area contributed by atoms with Crippen LogP contribution in [0.4, 0.5) is 9.18 Å². The first kappa shape index (κ1) is 8.62. The third kappa shape index (κ3) is 4.14. The van der Waals surface area contributed by atoms with E-state index in [1.807, 2.05) is 0 Å². The fourth-order valence-electron chi connectivity index (χ4n) is 0.318. The van der Waals surface area contributed by atoms with Crippen molar-refractivity contribution >= 4 is 22.1 Å². The SMILES string of the molecule is C/C(Br)=C\N(C)C(=O)F. The predicted octanol–water partition coefficient (Wildman–Crippen LogP) is 2.26. The van der Waals surface area contributed by atoms with Gasteiger partial charge in [0.05, 0.1) is 0 Å². The van der Waals surface area contributed by atoms with E-state index in [-0.39, 0.29) is 0 Å². The highest BCUT2D eigenvalue weighted by Gasteiger charge is 2.00. The van der Waals surface area contributed by atoms with Crippen LogP contribution in [0.3, 0.4) is 0 Å². The van der Waals surface area contributed by atoms with E-state index in [9.17, 15) is 9.18 Å². The Hall–Kier alpha value is -0.380. The molecule has 0 fully saturated rings. The molecule has 0 aromatic carbocycles. The fourth-order valence-corrected chi connectivity index (χ4v) is 0.625. The van der Waals surface area contributed by atoms with Crippen molar-refractivity contribution < 1.29 is 9.18 Å². The highest BCUT2D eigenvalue weighted by Crippen LogP contribution is 2.03. The summed E-state index contributed by atoms with van der Waals surface area (Å²) in [5.74, 6) is 0. The van der Waals surface area contributed by atoms with E-state index in [2.05, 4.69) is 15.9 Å². The molecule has 0 N–H and O–H groups in total. The van der Waals surface area contributed by atoms with Crippen molar-refractivity contribution in [2.75, 3.05) is 7.05 Å². The second kappa shape index (κ2) is 3.61. The molecule has 0 bridgehead atoms. The Balaban J connectivity index is 3.91. The molecular weight excluding hydrogens is 189 g/mol. The molecule has 4 heteroatoms. The highest BCUT2D eigenvalue weighted by molar-refractivity contribution is 9.11. The molecule has 0 aliphatic heterocycles. The van der Waals surface area contributed by atoms with Gasteiger partial charge < -0.3 is 0 Å². The Labute approximate surface area is 61.5 Å². The number of amides is 1. The van der Waals surface area contributed by atoms with Gasteiger partial charge in [0.2, 0.25) is 0 Å². The Morgan fingerprint density at radius 3 is 2.33 bits per heavy atom. The van der Waals surface area contributed by atoms with Gasteiger partial charge in [0.15, 0.2) is 0 Å². The lowest BCUT2D eigenvalue weighted by molar-refractivity contribution is 0.200. The third-order valence-corrected chi connectivity index (χ3v) is 0.854. The van der Waals surface area contributed by atoms with Crippen LogP contribution < -0.4 is 0 Å². The van der Waals surface area contributed by atoms with Crippen LogP contribution in [0.25, 0.3) is 0 Å². The zero-order chi connectivity index (χ0) is 7.44. The topological polar surface area (TPSA) is 20.3 Å². The van der Waals surface area contributed by atoms with E-state index in [0.29, 0.717) is 4.48 Å². The van der Waals surface area contributed by atoms with Gasteiger partial charge in [0, 0.05) is 17.7 Å². The number of rotatable bonds is 1. The highest BCUT2D eigenvalue weighted by atomic mass is 79.9. The van der Waals surface area contributed by atoms with Gasteiger partial charge in [-0.15, -0.1) is 4.39 Å². The predicted molar refractivity (Wildman–Crippen MR) is 37.0 cm³/mol. The van der Waals surface area contributed by atoms with E-state index < -0.39 is 6.16 Å². The average Bonchev–Trinajstić information content (AvgIpc) is 1.63. The minimum absolute atomic E-state index is 0.705. The van der Waals surface area contributed by atoms with Gasteiger partial charge >= 0.3 is 6.16 Å². The van der Waals surface area contributed by atoms with Gasteiger partial charge in [0.1, 0.15) is 0 Å². The zero-order valence-electron chi connectivity index (χ0n) is 5.19. The molecule has 0 radical (unpaired) electrons. The molecule has 0 unspecified atom stereocenters. The van der Waals surface area contributed by atoms with Gasteiger partial charge in [-0.1, -0.05) is 15.9 Å². The Morgan fingerprint density at radius 1 is 1.78 bits per heavy atom. The number of nitrogens with zero attached hydrogens (tertiary/aromatic N) is 1. The lowest BCUT2D eigenvalue weighted by Gasteiger charge is -2.03. The molecule has 0 spiro atoms. The van der Waals surface area contributed by atoms with Crippen LogP contribution in [0.1, 0.15) is 6.92 Å². The number of hydrogen-bond donors (Lipinski definition) is 0. The number of halogens is 2. The molecule has 0 rings (SSSR count). The molecule has 0 aliphatic rings. The first-order chi connectivity index (χ1) is 4.04. The minimum atomic E-state index is -1.46. The van der Waals surface area contributed by atoms with Gasteiger partial charge in [-0.05, 0) is 6.92 Å². The van der Waals surface area contributed by atoms with E-state index in [1.54, 1.807) is 6.92 Å². The standard InChI is InChI=1S/C5H7BrFNO/c1-4(6)3-8(2)5(7)9/h3H,1-2H3/b4-3+. The molecule has 0 aromatic rings. The summed E-state index contributed by atoms with van der Waals surface area (Å²) in [5.41, 5.74) is 0. The Kier molecular flexibility index (Phi) is 3.46. The monoisotopic (exact) mass is 195 g/mol. The second-order valence-electron chi connectivity index (χ2n) is 1.58. The number of carbonyl (C=O) groups excluding carboxylic acids is 1.